The Labute approximate surface area is 247 Å². The molecule has 0 unspecified atom stereocenters. The van der Waals surface area contributed by atoms with Gasteiger partial charge < -0.3 is 14.5 Å². The number of carbonyl (C=O) groups excluding carboxylic acids is 1. The molecule has 208 valence electrons. The van der Waals surface area contributed by atoms with Crippen molar-refractivity contribution in [3.05, 3.63) is 118 Å². The third-order valence-electron chi connectivity index (χ3n) is 6.32. The molecule has 0 radical (unpaired) electrons. The van der Waals surface area contributed by atoms with Crippen LogP contribution in [-0.4, -0.2) is 37.7 Å². The number of H-pyrrole nitrogens is 1. The van der Waals surface area contributed by atoms with Crippen molar-refractivity contribution in [1.29, 1.82) is 0 Å². The number of benzene rings is 4. The Kier molecular flexibility index (Phi) is 8.17. The summed E-state index contributed by atoms with van der Waals surface area (Å²) in [6.45, 7) is 0. The van der Waals surface area contributed by atoms with E-state index in [9.17, 15) is 13.2 Å². The summed E-state index contributed by atoms with van der Waals surface area (Å²) in [5, 5.41) is 0.991. The van der Waals surface area contributed by atoms with Gasteiger partial charge in [-0.25, -0.2) is 18.2 Å². The molecule has 1 heterocycles. The summed E-state index contributed by atoms with van der Waals surface area (Å²) < 4.78 is 34.4. The molecule has 0 saturated carbocycles. The van der Waals surface area contributed by atoms with Gasteiger partial charge in [-0.1, -0.05) is 41.4 Å². The van der Waals surface area contributed by atoms with Crippen LogP contribution in [0.25, 0.3) is 22.6 Å². The van der Waals surface area contributed by atoms with Crippen molar-refractivity contribution in [3.63, 3.8) is 0 Å². The van der Waals surface area contributed by atoms with Crippen LogP contribution in [0.1, 0.15) is 21.6 Å². The molecule has 0 bridgehead atoms. The van der Waals surface area contributed by atoms with Crippen molar-refractivity contribution >= 4 is 39.0 Å². The lowest BCUT2D eigenvalue weighted by Gasteiger charge is -2.07. The van der Waals surface area contributed by atoms with Gasteiger partial charge in [-0.3, -0.25) is 0 Å². The van der Waals surface area contributed by atoms with E-state index in [1.165, 1.54) is 19.2 Å². The van der Waals surface area contributed by atoms with E-state index in [0.717, 1.165) is 28.6 Å². The molecule has 0 aliphatic heterocycles. The number of ether oxygens (including phenoxy) is 2. The second-order valence-electron chi connectivity index (χ2n) is 9.28. The summed E-state index contributed by atoms with van der Waals surface area (Å²) in [4.78, 5) is 20.3. The van der Waals surface area contributed by atoms with E-state index in [1.807, 2.05) is 30.3 Å². The molecule has 0 saturated heterocycles. The second kappa shape index (κ2) is 11.8. The molecule has 0 aliphatic carbocycles. The van der Waals surface area contributed by atoms with Crippen LogP contribution >= 0.6 is 23.2 Å². The number of esters is 1. The Balaban J connectivity index is 1.46. The lowest BCUT2D eigenvalue weighted by molar-refractivity contribution is 0.0600. The quantitative estimate of drug-likeness (QED) is 0.182. The fourth-order valence-electron chi connectivity index (χ4n) is 4.24. The Morgan fingerprint density at radius 3 is 2.29 bits per heavy atom. The standard InChI is InChI=1S/C31H24Cl2N2O5S/c1-39-31(36)21-8-6-19(7-9-21)16-28-29(26-15-12-22(32)17-27(26)33)35-30(34-28)20-10-13-23(14-11-20)40-24-4-3-5-25(18-24)41(2,37)38/h3-15,17-18H,16H2,1-2H3,(H,34,35). The molecule has 0 spiro atoms. The summed E-state index contributed by atoms with van der Waals surface area (Å²) >= 11 is 12.7. The summed E-state index contributed by atoms with van der Waals surface area (Å²) in [6, 6.07) is 26.1. The van der Waals surface area contributed by atoms with Gasteiger partial charge in [0.2, 0.25) is 0 Å². The first kappa shape index (κ1) is 28.4. The number of rotatable bonds is 8. The Bertz CT molecular complexity index is 1830. The molecule has 4 aromatic carbocycles. The molecule has 0 atom stereocenters. The van der Waals surface area contributed by atoms with Crippen LogP contribution in [0.5, 0.6) is 11.5 Å². The van der Waals surface area contributed by atoms with Crippen LogP contribution in [0.2, 0.25) is 10.0 Å². The van der Waals surface area contributed by atoms with Gasteiger partial charge in [-0.05, 0) is 78.4 Å². The van der Waals surface area contributed by atoms with E-state index in [4.69, 9.17) is 37.7 Å². The van der Waals surface area contributed by atoms with E-state index in [0.29, 0.717) is 45.0 Å². The molecule has 10 heteroatoms. The highest BCUT2D eigenvalue weighted by molar-refractivity contribution is 7.90. The maximum atomic E-state index is 11.9. The number of sulfone groups is 1. The van der Waals surface area contributed by atoms with Gasteiger partial charge in [0.05, 0.1) is 28.3 Å². The highest BCUT2D eigenvalue weighted by Gasteiger charge is 2.18. The fraction of sp³-hybridized carbons (Fsp3) is 0.0968. The first-order chi connectivity index (χ1) is 19.6. The van der Waals surface area contributed by atoms with E-state index in [2.05, 4.69) is 4.98 Å². The first-order valence-electron chi connectivity index (χ1n) is 12.4. The lowest BCUT2D eigenvalue weighted by atomic mass is 10.0. The Morgan fingerprint density at radius 1 is 0.902 bits per heavy atom. The molecule has 0 aliphatic rings. The molecular weight excluding hydrogens is 583 g/mol. The number of aromatic amines is 1. The van der Waals surface area contributed by atoms with Crippen molar-refractivity contribution in [2.24, 2.45) is 0 Å². The van der Waals surface area contributed by atoms with Crippen LogP contribution in [0.4, 0.5) is 0 Å². The van der Waals surface area contributed by atoms with Crippen molar-refractivity contribution in [3.8, 4) is 34.1 Å². The van der Waals surface area contributed by atoms with Gasteiger partial charge in [-0.2, -0.15) is 0 Å². The summed E-state index contributed by atoms with van der Waals surface area (Å²) in [5.41, 5.74) is 4.46. The fourth-order valence-corrected chi connectivity index (χ4v) is 5.40. The van der Waals surface area contributed by atoms with Crippen molar-refractivity contribution in [1.82, 2.24) is 9.97 Å². The van der Waals surface area contributed by atoms with Gasteiger partial charge in [0.15, 0.2) is 9.84 Å². The minimum Gasteiger partial charge on any atom is -0.465 e. The molecule has 1 aromatic heterocycles. The number of methoxy groups -OCH3 is 1. The molecule has 5 rings (SSSR count). The normalized spacial score (nSPS) is 11.3. The van der Waals surface area contributed by atoms with Crippen LogP contribution in [0, 0.1) is 0 Å². The molecule has 0 amide bonds. The lowest BCUT2D eigenvalue weighted by Crippen LogP contribution is -2.01. The van der Waals surface area contributed by atoms with E-state index < -0.39 is 15.8 Å². The van der Waals surface area contributed by atoms with Crippen molar-refractivity contribution < 1.29 is 22.7 Å². The number of aromatic nitrogens is 2. The van der Waals surface area contributed by atoms with Gasteiger partial charge in [0, 0.05) is 34.5 Å². The maximum Gasteiger partial charge on any atom is 0.337 e. The number of hydrogen-bond acceptors (Lipinski definition) is 6. The number of carbonyl (C=O) groups is 1. The molecule has 1 N–H and O–H groups in total. The monoisotopic (exact) mass is 606 g/mol. The topological polar surface area (TPSA) is 98.4 Å². The zero-order valence-corrected chi connectivity index (χ0v) is 24.3. The van der Waals surface area contributed by atoms with Crippen LogP contribution in [0.3, 0.4) is 0 Å². The maximum absolute atomic E-state index is 11.9. The largest absolute Gasteiger partial charge is 0.465 e. The van der Waals surface area contributed by atoms with Gasteiger partial charge >= 0.3 is 5.97 Å². The molecule has 7 nitrogen and oxygen atoms in total. The van der Waals surface area contributed by atoms with Gasteiger partial charge in [0.25, 0.3) is 0 Å². The van der Waals surface area contributed by atoms with Gasteiger partial charge in [-0.15, -0.1) is 0 Å². The summed E-state index contributed by atoms with van der Waals surface area (Å²) in [7, 11) is -2.00. The van der Waals surface area contributed by atoms with Crippen molar-refractivity contribution in [2.45, 2.75) is 11.3 Å². The zero-order chi connectivity index (χ0) is 29.1. The second-order valence-corrected chi connectivity index (χ2v) is 12.1. The molecule has 41 heavy (non-hydrogen) atoms. The summed E-state index contributed by atoms with van der Waals surface area (Å²) in [6.07, 6.45) is 1.65. The number of imidazole rings is 1. The average molecular weight is 608 g/mol. The number of nitrogens with zero attached hydrogens (tertiary/aromatic N) is 1. The van der Waals surface area contributed by atoms with Crippen LogP contribution in [0.15, 0.2) is 95.9 Å². The highest BCUT2D eigenvalue weighted by Crippen LogP contribution is 2.35. The predicted molar refractivity (Wildman–Crippen MR) is 160 cm³/mol. The molecule has 5 aromatic rings. The third-order valence-corrected chi connectivity index (χ3v) is 7.98. The minimum atomic E-state index is -3.35. The van der Waals surface area contributed by atoms with Crippen molar-refractivity contribution in [2.75, 3.05) is 13.4 Å². The Morgan fingerprint density at radius 2 is 1.63 bits per heavy atom. The van der Waals surface area contributed by atoms with Crippen LogP contribution < -0.4 is 4.74 Å². The van der Waals surface area contributed by atoms with E-state index >= 15 is 0 Å². The highest BCUT2D eigenvalue weighted by atomic mass is 35.5. The SMILES string of the molecule is COC(=O)c1ccc(Cc2[nH]c(-c3ccc(Oc4cccc(S(C)(=O)=O)c4)cc3)nc2-c2ccc(Cl)cc2Cl)cc1. The van der Waals surface area contributed by atoms with Crippen LogP contribution in [-0.2, 0) is 21.0 Å². The Hall–Kier alpha value is -4.11. The van der Waals surface area contributed by atoms with E-state index in [-0.39, 0.29) is 4.90 Å². The minimum absolute atomic E-state index is 0.183. The van der Waals surface area contributed by atoms with E-state index in [1.54, 1.807) is 48.5 Å². The zero-order valence-electron chi connectivity index (χ0n) is 22.0. The predicted octanol–water partition coefficient (Wildman–Crippen LogP) is 7.62. The number of halogens is 2. The van der Waals surface area contributed by atoms with Gasteiger partial charge in [0.1, 0.15) is 17.3 Å². The number of nitrogens with one attached hydrogen (secondary N) is 1. The molecule has 0 fully saturated rings. The summed E-state index contributed by atoms with van der Waals surface area (Å²) in [5.74, 6) is 1.18. The smallest absolute Gasteiger partial charge is 0.337 e. The molecular formula is C31H24Cl2N2O5S. The average Bonchev–Trinajstić information content (AvgIpc) is 3.36. The number of hydrogen-bond donors (Lipinski definition) is 1. The third kappa shape index (κ3) is 6.62. The first-order valence-corrected chi connectivity index (χ1v) is 15.1.